The van der Waals surface area contributed by atoms with Crippen molar-refractivity contribution < 1.29 is 50.0 Å². The third kappa shape index (κ3) is 58.9. The standard InChI is InChI=1S/C84H163NO10/c1-3-5-7-9-11-13-15-17-19-21-23-25-27-29-31-33-35-37-38-39-40-42-44-46-48-50-52-54-56-58-60-62-64-66-68-70-72-77(88)83(93)85-75(74-94-84-82(92)81(91)80(90)78(73-86)95-84)79(89)76(87)71-69-67-65-63-61-59-57-55-53-51-49-47-45-43-41-36-34-32-30-28-26-24-22-20-18-16-14-12-10-8-6-4-2/h31,33,37-38,75-82,84,86-92H,3-30,32,34-36,39-74H2,1-2H3,(H,85,93)/b33-31-,38-37-. The molecule has 95 heavy (non-hydrogen) atoms. The Morgan fingerprint density at radius 1 is 0.368 bits per heavy atom. The largest absolute Gasteiger partial charge is 0.394 e. The molecule has 0 aromatic carbocycles. The van der Waals surface area contributed by atoms with Crippen LogP contribution in [0.25, 0.3) is 0 Å². The van der Waals surface area contributed by atoms with Gasteiger partial charge in [-0.2, -0.15) is 0 Å². The van der Waals surface area contributed by atoms with E-state index in [1.165, 1.54) is 353 Å². The molecule has 0 aromatic heterocycles. The van der Waals surface area contributed by atoms with E-state index < -0.39 is 74.2 Å². The average molecular weight is 1350 g/mol. The van der Waals surface area contributed by atoms with Crippen LogP contribution in [0, 0.1) is 0 Å². The van der Waals surface area contributed by atoms with E-state index in [2.05, 4.69) is 43.5 Å². The molecular formula is C84H163NO10. The molecule has 1 aliphatic rings. The van der Waals surface area contributed by atoms with Gasteiger partial charge in [-0.25, -0.2) is 0 Å². The van der Waals surface area contributed by atoms with Gasteiger partial charge in [-0.1, -0.05) is 417 Å². The summed E-state index contributed by atoms with van der Waals surface area (Å²) in [6.45, 7) is 3.54. The lowest BCUT2D eigenvalue weighted by atomic mass is 9.98. The summed E-state index contributed by atoms with van der Waals surface area (Å²) in [7, 11) is 0. The summed E-state index contributed by atoms with van der Waals surface area (Å²) in [6, 6.07) is -1.17. The molecule has 11 nitrogen and oxygen atoms in total. The molecule has 1 aliphatic heterocycles. The summed E-state index contributed by atoms with van der Waals surface area (Å²) in [5, 5.41) is 76.9. The van der Waals surface area contributed by atoms with Crippen molar-refractivity contribution in [2.45, 2.75) is 493 Å². The van der Waals surface area contributed by atoms with Gasteiger partial charge in [-0.05, 0) is 44.9 Å². The minimum Gasteiger partial charge on any atom is -0.394 e. The molecule has 1 saturated heterocycles. The third-order valence-electron chi connectivity index (χ3n) is 20.8. The first-order valence-corrected chi connectivity index (χ1v) is 42.2. The number of ether oxygens (including phenoxy) is 2. The smallest absolute Gasteiger partial charge is 0.249 e. The number of amides is 1. The van der Waals surface area contributed by atoms with Gasteiger partial charge in [0, 0.05) is 0 Å². The first-order chi connectivity index (χ1) is 46.7. The molecule has 11 heteroatoms. The maximum Gasteiger partial charge on any atom is 0.249 e. The Kier molecular flexibility index (Phi) is 69.8. The van der Waals surface area contributed by atoms with Crippen LogP contribution in [0.3, 0.4) is 0 Å². The predicted molar refractivity (Wildman–Crippen MR) is 404 cm³/mol. The molecule has 1 fully saturated rings. The molecule has 0 aliphatic carbocycles. The highest BCUT2D eigenvalue weighted by atomic mass is 16.7. The van der Waals surface area contributed by atoms with E-state index in [0.29, 0.717) is 19.3 Å². The lowest BCUT2D eigenvalue weighted by molar-refractivity contribution is -0.303. The Morgan fingerprint density at radius 3 is 0.937 bits per heavy atom. The molecular weight excluding hydrogens is 1180 g/mol. The van der Waals surface area contributed by atoms with E-state index in [1.807, 2.05) is 0 Å². The van der Waals surface area contributed by atoms with Gasteiger partial charge in [0.2, 0.25) is 5.91 Å². The highest BCUT2D eigenvalue weighted by molar-refractivity contribution is 5.80. The molecule has 1 heterocycles. The molecule has 0 saturated carbocycles. The summed E-state index contributed by atoms with van der Waals surface area (Å²) in [5.41, 5.74) is 0. The van der Waals surface area contributed by atoms with Gasteiger partial charge in [-0.3, -0.25) is 4.79 Å². The third-order valence-corrected chi connectivity index (χ3v) is 20.8. The van der Waals surface area contributed by atoms with Crippen LogP contribution in [0.2, 0.25) is 0 Å². The Hall–Kier alpha value is -1.41. The average Bonchev–Trinajstić information content (AvgIpc) is 0.832. The van der Waals surface area contributed by atoms with Crippen LogP contribution in [-0.2, 0) is 14.3 Å². The molecule has 0 aromatic rings. The minimum absolute atomic E-state index is 0.263. The van der Waals surface area contributed by atoms with Crippen molar-refractivity contribution in [1.82, 2.24) is 5.32 Å². The first kappa shape index (κ1) is 91.6. The van der Waals surface area contributed by atoms with E-state index in [4.69, 9.17) is 9.47 Å². The number of rotatable bonds is 76. The maximum absolute atomic E-state index is 13.3. The first-order valence-electron chi connectivity index (χ1n) is 42.2. The van der Waals surface area contributed by atoms with Crippen molar-refractivity contribution in [3.8, 4) is 0 Å². The van der Waals surface area contributed by atoms with Crippen LogP contribution in [-0.4, -0.2) is 110 Å². The molecule has 9 atom stereocenters. The number of carbonyl (C=O) groups is 1. The highest BCUT2D eigenvalue weighted by Crippen LogP contribution is 2.25. The zero-order chi connectivity index (χ0) is 68.8. The van der Waals surface area contributed by atoms with Crippen molar-refractivity contribution in [2.24, 2.45) is 0 Å². The molecule has 1 rings (SSSR count). The number of unbranched alkanes of at least 4 members (excludes halogenated alkanes) is 60. The lowest BCUT2D eigenvalue weighted by Crippen LogP contribution is -2.60. The second-order valence-corrected chi connectivity index (χ2v) is 29.9. The lowest BCUT2D eigenvalue weighted by Gasteiger charge is -2.40. The van der Waals surface area contributed by atoms with Crippen LogP contribution in [0.1, 0.15) is 438 Å². The van der Waals surface area contributed by atoms with E-state index >= 15 is 0 Å². The van der Waals surface area contributed by atoms with Crippen molar-refractivity contribution in [3.63, 3.8) is 0 Å². The number of allylic oxidation sites excluding steroid dienone is 4. The fraction of sp³-hybridized carbons (Fsp3) is 0.940. The van der Waals surface area contributed by atoms with E-state index in [0.717, 1.165) is 44.9 Å². The zero-order valence-corrected chi connectivity index (χ0v) is 62.9. The molecule has 9 unspecified atom stereocenters. The van der Waals surface area contributed by atoms with Gasteiger partial charge in [0.15, 0.2) is 6.29 Å². The van der Waals surface area contributed by atoms with Crippen molar-refractivity contribution in [1.29, 1.82) is 0 Å². The SMILES string of the molecule is CCCCCCCCCCCCCCC/C=C\C/C=C\CCCCCCCCCCCCCCCCCCC(O)C(=O)NC(COC1OC(CO)C(O)C(O)C1O)C(O)C(O)CCCCCCCCCCCCCCCCCCCCCCCCCCCCCCCCCC. The molecule has 1 amide bonds. The van der Waals surface area contributed by atoms with Crippen molar-refractivity contribution in [2.75, 3.05) is 13.2 Å². The summed E-state index contributed by atoms with van der Waals surface area (Å²) in [5.74, 6) is -0.688. The number of hydrogen-bond donors (Lipinski definition) is 8. The van der Waals surface area contributed by atoms with Gasteiger partial charge in [-0.15, -0.1) is 0 Å². The summed E-state index contributed by atoms with van der Waals surface area (Å²) in [4.78, 5) is 13.3. The predicted octanol–water partition coefficient (Wildman–Crippen LogP) is 22.3. The van der Waals surface area contributed by atoms with Gasteiger partial charge in [0.1, 0.15) is 36.6 Å². The van der Waals surface area contributed by atoms with E-state index in [-0.39, 0.29) is 6.42 Å². The molecule has 0 bridgehead atoms. The Labute approximate surface area is 588 Å². The van der Waals surface area contributed by atoms with Crippen LogP contribution in [0.15, 0.2) is 24.3 Å². The Bertz CT molecular complexity index is 1600. The quantitative estimate of drug-likeness (QED) is 0.0215. The maximum atomic E-state index is 13.3. The zero-order valence-electron chi connectivity index (χ0n) is 62.9. The van der Waals surface area contributed by atoms with Gasteiger partial charge >= 0.3 is 0 Å². The topological polar surface area (TPSA) is 189 Å². The minimum atomic E-state index is -1.66. The fourth-order valence-electron chi connectivity index (χ4n) is 14.1. The van der Waals surface area contributed by atoms with E-state index in [1.54, 1.807) is 0 Å². The normalized spacial score (nSPS) is 18.2. The number of aliphatic hydroxyl groups is 7. The molecule has 564 valence electrons. The summed E-state index contributed by atoms with van der Waals surface area (Å²) < 4.78 is 11.2. The number of aliphatic hydroxyl groups excluding tert-OH is 7. The second kappa shape index (κ2) is 72.4. The number of nitrogens with one attached hydrogen (secondary N) is 1. The van der Waals surface area contributed by atoms with Gasteiger partial charge < -0.3 is 50.5 Å². The number of hydrogen-bond acceptors (Lipinski definition) is 10. The van der Waals surface area contributed by atoms with Gasteiger partial charge in [0.05, 0.1) is 25.4 Å². The molecule has 0 radical (unpaired) electrons. The monoisotopic (exact) mass is 1350 g/mol. The van der Waals surface area contributed by atoms with Gasteiger partial charge in [0.25, 0.3) is 0 Å². The Morgan fingerprint density at radius 2 is 0.642 bits per heavy atom. The van der Waals surface area contributed by atoms with Crippen molar-refractivity contribution >= 4 is 5.91 Å². The summed E-state index contributed by atoms with van der Waals surface area (Å²) >= 11 is 0. The summed E-state index contributed by atoms with van der Waals surface area (Å²) in [6.07, 6.45) is 83.1. The van der Waals surface area contributed by atoms with Crippen LogP contribution in [0.5, 0.6) is 0 Å². The number of carbonyl (C=O) groups excluding carboxylic acids is 1. The van der Waals surface area contributed by atoms with Crippen LogP contribution in [0.4, 0.5) is 0 Å². The second-order valence-electron chi connectivity index (χ2n) is 29.9. The molecule has 0 spiro atoms. The Balaban J connectivity index is 2.11. The molecule has 8 N–H and O–H groups in total. The van der Waals surface area contributed by atoms with E-state index in [9.17, 15) is 40.5 Å². The highest BCUT2D eigenvalue weighted by Gasteiger charge is 2.44. The van der Waals surface area contributed by atoms with Crippen molar-refractivity contribution in [3.05, 3.63) is 24.3 Å². The van der Waals surface area contributed by atoms with Crippen LogP contribution >= 0.6 is 0 Å². The fourth-order valence-corrected chi connectivity index (χ4v) is 14.1. The van der Waals surface area contributed by atoms with Crippen LogP contribution < -0.4 is 5.32 Å².